The molecule has 0 spiro atoms. The number of aromatic nitrogens is 5. The topological polar surface area (TPSA) is 70.1 Å². The second-order valence-electron chi connectivity index (χ2n) is 4.88. The maximum atomic E-state index is 13.4. The number of alkyl halides is 2. The molecule has 120 valence electrons. The zero-order valence-corrected chi connectivity index (χ0v) is 12.5. The number of fused-ring (bicyclic) bond motifs is 1. The second-order valence-corrected chi connectivity index (χ2v) is 4.88. The minimum atomic E-state index is -2.72. The molecule has 0 N–H and O–H groups in total. The first kappa shape index (κ1) is 15.1. The zero-order chi connectivity index (χ0) is 16.4. The van der Waals surface area contributed by atoms with Crippen LogP contribution in [-0.4, -0.2) is 30.0 Å². The molecule has 23 heavy (non-hydrogen) atoms. The number of rotatable bonds is 5. The number of para-hydroxylation sites is 2. The average Bonchev–Trinajstić information content (AvgIpc) is 3.11. The van der Waals surface area contributed by atoms with E-state index in [2.05, 4.69) is 20.3 Å². The Bertz CT molecular complexity index is 854. The van der Waals surface area contributed by atoms with Crippen molar-refractivity contribution in [3.63, 3.8) is 0 Å². The summed E-state index contributed by atoms with van der Waals surface area (Å²) in [6.45, 7) is -1.07. The van der Waals surface area contributed by atoms with Crippen LogP contribution in [0.4, 0.5) is 8.78 Å². The van der Waals surface area contributed by atoms with E-state index in [1.807, 2.05) is 0 Å². The molecule has 0 aliphatic carbocycles. The van der Waals surface area contributed by atoms with Crippen molar-refractivity contribution in [1.29, 1.82) is 0 Å². The minimum Gasteiger partial charge on any atom is -0.387 e. The molecule has 0 saturated heterocycles. The van der Waals surface area contributed by atoms with Gasteiger partial charge in [0.1, 0.15) is 12.0 Å². The summed E-state index contributed by atoms with van der Waals surface area (Å²) >= 11 is 0. The van der Waals surface area contributed by atoms with Crippen LogP contribution in [0.15, 0.2) is 35.7 Å². The van der Waals surface area contributed by atoms with Crippen molar-refractivity contribution < 1.29 is 13.6 Å². The van der Waals surface area contributed by atoms with Crippen LogP contribution in [0.1, 0.15) is 25.1 Å². The third-order valence-electron chi connectivity index (χ3n) is 3.31. The quantitative estimate of drug-likeness (QED) is 0.535. The van der Waals surface area contributed by atoms with Gasteiger partial charge in [-0.05, 0) is 19.1 Å². The van der Waals surface area contributed by atoms with Gasteiger partial charge in [0.2, 0.25) is 0 Å². The summed E-state index contributed by atoms with van der Waals surface area (Å²) in [4.78, 5) is 9.38. The van der Waals surface area contributed by atoms with Gasteiger partial charge in [-0.2, -0.15) is 8.78 Å². The van der Waals surface area contributed by atoms with Gasteiger partial charge in [-0.15, -0.1) is 10.2 Å². The van der Waals surface area contributed by atoms with Gasteiger partial charge in [0, 0.05) is 7.05 Å². The molecule has 0 aliphatic rings. The smallest absolute Gasteiger partial charge is 0.320 e. The second kappa shape index (κ2) is 6.11. The fourth-order valence-corrected chi connectivity index (χ4v) is 2.16. The van der Waals surface area contributed by atoms with Gasteiger partial charge >= 0.3 is 6.55 Å². The number of aryl methyl sites for hydroxylation is 1. The minimum absolute atomic E-state index is 0.0687. The molecule has 0 saturated carbocycles. The molecule has 0 fully saturated rings. The van der Waals surface area contributed by atoms with Crippen molar-refractivity contribution in [2.24, 2.45) is 12.2 Å². The van der Waals surface area contributed by atoms with Crippen LogP contribution < -0.4 is 0 Å². The predicted octanol–water partition coefficient (Wildman–Crippen LogP) is 2.50. The lowest BCUT2D eigenvalue weighted by Gasteiger charge is -2.07. The van der Waals surface area contributed by atoms with Crippen LogP contribution in [-0.2, 0) is 18.5 Å². The molecule has 0 aliphatic heterocycles. The lowest BCUT2D eigenvalue weighted by atomic mass is 10.3. The molecule has 2 heterocycles. The molecule has 0 unspecified atom stereocenters. The summed E-state index contributed by atoms with van der Waals surface area (Å²) in [5.74, 6) is 0.642. The van der Waals surface area contributed by atoms with E-state index in [9.17, 15) is 8.78 Å². The van der Waals surface area contributed by atoms with Gasteiger partial charge < -0.3 is 9.40 Å². The molecule has 0 radical (unpaired) electrons. The Hall–Kier alpha value is -2.84. The lowest BCUT2D eigenvalue weighted by molar-refractivity contribution is 0.0735. The predicted molar refractivity (Wildman–Crippen MR) is 79.0 cm³/mol. The van der Waals surface area contributed by atoms with Crippen LogP contribution in [0.2, 0.25) is 0 Å². The van der Waals surface area contributed by atoms with Crippen LogP contribution in [0, 0.1) is 0 Å². The summed E-state index contributed by atoms with van der Waals surface area (Å²) in [5.41, 5.74) is 1.08. The van der Waals surface area contributed by atoms with Crippen LogP contribution >= 0.6 is 0 Å². The number of hydrogen-bond acceptors (Lipinski definition) is 5. The number of nitrogens with zero attached hydrogens (tertiary/aromatic N) is 6. The highest BCUT2D eigenvalue weighted by Gasteiger charge is 2.19. The van der Waals surface area contributed by atoms with Crippen molar-refractivity contribution in [2.75, 3.05) is 0 Å². The van der Waals surface area contributed by atoms with Crippen molar-refractivity contribution >= 4 is 16.7 Å². The molecule has 0 amide bonds. The average molecular weight is 320 g/mol. The lowest BCUT2D eigenvalue weighted by Crippen LogP contribution is -2.10. The zero-order valence-electron chi connectivity index (χ0n) is 12.5. The Morgan fingerprint density at radius 1 is 1.35 bits per heavy atom. The van der Waals surface area contributed by atoms with E-state index >= 15 is 0 Å². The number of benzene rings is 1. The fraction of sp³-hybridized carbons (Fsp3) is 0.286. The Morgan fingerprint density at radius 3 is 2.83 bits per heavy atom. The van der Waals surface area contributed by atoms with E-state index in [1.54, 1.807) is 42.8 Å². The summed E-state index contributed by atoms with van der Waals surface area (Å²) in [6, 6.07) is 6.69. The third kappa shape index (κ3) is 2.89. The van der Waals surface area contributed by atoms with Crippen LogP contribution in [0.5, 0.6) is 0 Å². The highest BCUT2D eigenvalue weighted by atomic mass is 19.3. The molecule has 3 rings (SSSR count). The number of halogens is 2. The Morgan fingerprint density at radius 2 is 2.13 bits per heavy atom. The van der Waals surface area contributed by atoms with Gasteiger partial charge in [-0.3, -0.25) is 4.57 Å². The number of imidazole rings is 1. The normalized spacial score (nSPS) is 12.3. The van der Waals surface area contributed by atoms with E-state index in [4.69, 9.17) is 4.84 Å². The van der Waals surface area contributed by atoms with Crippen molar-refractivity contribution in [3.8, 4) is 0 Å². The first-order valence-electron chi connectivity index (χ1n) is 6.83. The highest BCUT2D eigenvalue weighted by Crippen LogP contribution is 2.23. The van der Waals surface area contributed by atoms with Gasteiger partial charge in [0.25, 0.3) is 0 Å². The van der Waals surface area contributed by atoms with Gasteiger partial charge in [-0.1, -0.05) is 17.3 Å². The molecule has 7 nitrogen and oxygen atoms in total. The van der Waals surface area contributed by atoms with E-state index in [0.717, 1.165) is 4.57 Å². The summed E-state index contributed by atoms with van der Waals surface area (Å²) in [5, 5.41) is 11.4. The van der Waals surface area contributed by atoms with E-state index in [1.165, 1.54) is 6.33 Å². The molecule has 9 heteroatoms. The van der Waals surface area contributed by atoms with E-state index < -0.39 is 6.55 Å². The van der Waals surface area contributed by atoms with Crippen molar-refractivity contribution in [2.45, 2.75) is 20.1 Å². The molecule has 0 atom stereocenters. The number of hydrogen-bond donors (Lipinski definition) is 0. The van der Waals surface area contributed by atoms with Gasteiger partial charge in [-0.25, -0.2) is 4.98 Å². The Labute approximate surface area is 130 Å². The molecule has 2 aromatic heterocycles. The van der Waals surface area contributed by atoms with Crippen molar-refractivity contribution in [1.82, 2.24) is 24.3 Å². The molecule has 3 aromatic rings. The summed E-state index contributed by atoms with van der Waals surface area (Å²) in [6.07, 6.45) is 1.53. The van der Waals surface area contributed by atoms with Gasteiger partial charge in [0.05, 0.1) is 11.0 Å². The van der Waals surface area contributed by atoms with Gasteiger partial charge in [0.15, 0.2) is 18.3 Å². The third-order valence-corrected chi connectivity index (χ3v) is 3.31. The Kier molecular flexibility index (Phi) is 4.00. The number of oxime groups is 1. The van der Waals surface area contributed by atoms with E-state index in [0.29, 0.717) is 16.9 Å². The van der Waals surface area contributed by atoms with Crippen LogP contribution in [0.25, 0.3) is 11.0 Å². The molecule has 1 aromatic carbocycles. The standard InChI is InChI=1S/C14H14F2N6O/c1-9(20-23-7-12-19-17-8-21(12)2)13-18-10-5-3-4-6-11(10)22(13)14(15)16/h3-6,8,14H,7H2,1-2H3. The monoisotopic (exact) mass is 320 g/mol. The fourth-order valence-electron chi connectivity index (χ4n) is 2.16. The summed E-state index contributed by atoms with van der Waals surface area (Å²) < 4.78 is 29.2. The molecular formula is C14H14F2N6O. The molecule has 0 bridgehead atoms. The highest BCUT2D eigenvalue weighted by molar-refractivity contribution is 5.98. The maximum Gasteiger partial charge on any atom is 0.320 e. The summed E-state index contributed by atoms with van der Waals surface area (Å²) in [7, 11) is 1.77. The largest absolute Gasteiger partial charge is 0.387 e. The van der Waals surface area contributed by atoms with Crippen molar-refractivity contribution in [3.05, 3.63) is 42.2 Å². The Balaban J connectivity index is 1.88. The van der Waals surface area contributed by atoms with Crippen LogP contribution in [0.3, 0.4) is 0 Å². The SMILES string of the molecule is CC(=NOCc1nncn1C)c1nc2ccccc2n1C(F)F. The first-order chi connectivity index (χ1) is 11.1. The molecular weight excluding hydrogens is 306 g/mol. The first-order valence-corrected chi connectivity index (χ1v) is 6.83. The maximum absolute atomic E-state index is 13.4. The van der Waals surface area contributed by atoms with E-state index in [-0.39, 0.29) is 18.1 Å².